The molecule has 0 radical (unpaired) electrons. The van der Waals surface area contributed by atoms with Crippen molar-refractivity contribution >= 4 is 12.0 Å². The fourth-order valence-electron chi connectivity index (χ4n) is 2.27. The Kier molecular flexibility index (Phi) is 5.65. The van der Waals surface area contributed by atoms with Crippen LogP contribution in [0.25, 0.3) is 6.08 Å². The van der Waals surface area contributed by atoms with Crippen molar-refractivity contribution < 1.29 is 9.18 Å². The van der Waals surface area contributed by atoms with Gasteiger partial charge in [0.1, 0.15) is 5.82 Å². The maximum Gasteiger partial charge on any atom is 0.244 e. The van der Waals surface area contributed by atoms with E-state index < -0.39 is 0 Å². The number of rotatable bonds is 6. The van der Waals surface area contributed by atoms with Crippen molar-refractivity contribution in [1.82, 2.24) is 20.0 Å². The van der Waals surface area contributed by atoms with E-state index in [-0.39, 0.29) is 17.8 Å². The molecule has 0 bridgehead atoms. The van der Waals surface area contributed by atoms with Crippen molar-refractivity contribution in [3.8, 4) is 0 Å². The smallest absolute Gasteiger partial charge is 0.244 e. The Hall–Kier alpha value is -2.47. The highest BCUT2D eigenvalue weighted by Crippen LogP contribution is 2.18. The Balaban J connectivity index is 1.96. The molecule has 1 atom stereocenters. The third-order valence-electron chi connectivity index (χ3n) is 3.48. The monoisotopic (exact) mass is 316 g/mol. The van der Waals surface area contributed by atoms with Crippen molar-refractivity contribution in [2.45, 2.75) is 6.04 Å². The van der Waals surface area contributed by atoms with Gasteiger partial charge in [-0.2, -0.15) is 5.10 Å². The molecule has 23 heavy (non-hydrogen) atoms. The van der Waals surface area contributed by atoms with Crippen molar-refractivity contribution in [2.24, 2.45) is 7.05 Å². The number of hydrogen-bond acceptors (Lipinski definition) is 3. The van der Waals surface area contributed by atoms with E-state index in [0.717, 1.165) is 11.1 Å². The molecule has 1 N–H and O–H groups in total. The Morgan fingerprint density at radius 3 is 2.87 bits per heavy atom. The minimum Gasteiger partial charge on any atom is -0.351 e. The predicted octanol–water partition coefficient (Wildman–Crippen LogP) is 1.99. The first-order chi connectivity index (χ1) is 11.0. The van der Waals surface area contributed by atoms with Gasteiger partial charge in [0.05, 0.1) is 12.2 Å². The normalized spacial score (nSPS) is 12.7. The molecule has 1 aromatic heterocycles. The number of halogens is 1. The van der Waals surface area contributed by atoms with E-state index in [1.165, 1.54) is 18.2 Å². The molecular weight excluding hydrogens is 295 g/mol. The van der Waals surface area contributed by atoms with E-state index in [1.807, 2.05) is 38.3 Å². The van der Waals surface area contributed by atoms with Crippen molar-refractivity contribution in [2.75, 3.05) is 20.6 Å². The first-order valence-corrected chi connectivity index (χ1v) is 7.32. The number of likely N-dealkylation sites (N-methyl/N-ethyl adjacent to an activating group) is 1. The van der Waals surface area contributed by atoms with Gasteiger partial charge >= 0.3 is 0 Å². The van der Waals surface area contributed by atoms with Crippen LogP contribution in [-0.2, 0) is 11.8 Å². The van der Waals surface area contributed by atoms with E-state index in [1.54, 1.807) is 23.0 Å². The third-order valence-corrected chi connectivity index (χ3v) is 3.48. The highest BCUT2D eigenvalue weighted by Gasteiger charge is 2.15. The Labute approximate surface area is 135 Å². The van der Waals surface area contributed by atoms with Crippen LogP contribution in [0.2, 0.25) is 0 Å². The van der Waals surface area contributed by atoms with E-state index >= 15 is 0 Å². The summed E-state index contributed by atoms with van der Waals surface area (Å²) < 4.78 is 15.0. The van der Waals surface area contributed by atoms with Crippen LogP contribution >= 0.6 is 0 Å². The van der Waals surface area contributed by atoms with Crippen LogP contribution in [-0.4, -0.2) is 41.2 Å². The maximum atomic E-state index is 13.4. The zero-order valence-electron chi connectivity index (χ0n) is 13.5. The lowest BCUT2D eigenvalue weighted by Gasteiger charge is -2.24. The van der Waals surface area contributed by atoms with E-state index in [9.17, 15) is 9.18 Å². The van der Waals surface area contributed by atoms with Crippen LogP contribution < -0.4 is 5.32 Å². The zero-order valence-corrected chi connectivity index (χ0v) is 13.5. The zero-order chi connectivity index (χ0) is 16.8. The van der Waals surface area contributed by atoms with Crippen LogP contribution in [0.5, 0.6) is 0 Å². The highest BCUT2D eigenvalue weighted by molar-refractivity contribution is 5.91. The molecule has 0 spiro atoms. The van der Waals surface area contributed by atoms with Gasteiger partial charge in [-0.25, -0.2) is 4.39 Å². The molecule has 0 aliphatic carbocycles. The van der Waals surface area contributed by atoms with Gasteiger partial charge in [0.25, 0.3) is 0 Å². The summed E-state index contributed by atoms with van der Waals surface area (Å²) in [7, 11) is 5.61. The molecule has 0 aliphatic rings. The minimum absolute atomic E-state index is 0.0959. The average Bonchev–Trinajstić information content (AvgIpc) is 2.91. The molecule has 0 fully saturated rings. The molecule has 1 amide bonds. The van der Waals surface area contributed by atoms with Gasteiger partial charge < -0.3 is 10.2 Å². The number of benzene rings is 1. The lowest BCUT2D eigenvalue weighted by atomic mass is 10.1. The molecule has 2 rings (SSSR count). The van der Waals surface area contributed by atoms with Gasteiger partial charge in [-0.1, -0.05) is 12.1 Å². The Morgan fingerprint density at radius 1 is 1.48 bits per heavy atom. The van der Waals surface area contributed by atoms with Crippen LogP contribution in [0.3, 0.4) is 0 Å². The number of hydrogen-bond donors (Lipinski definition) is 1. The van der Waals surface area contributed by atoms with Gasteiger partial charge in [0.15, 0.2) is 0 Å². The molecule has 2 aromatic rings. The third kappa shape index (κ3) is 5.03. The molecule has 1 heterocycles. The van der Waals surface area contributed by atoms with Gasteiger partial charge in [-0.15, -0.1) is 0 Å². The highest BCUT2D eigenvalue weighted by atomic mass is 19.1. The van der Waals surface area contributed by atoms with E-state index in [4.69, 9.17) is 0 Å². The van der Waals surface area contributed by atoms with Crippen molar-refractivity contribution in [1.29, 1.82) is 0 Å². The quantitative estimate of drug-likeness (QED) is 0.829. The number of carbonyl (C=O) groups is 1. The summed E-state index contributed by atoms with van der Waals surface area (Å²) in [6, 6.07) is 6.33. The fourth-order valence-corrected chi connectivity index (χ4v) is 2.27. The molecule has 1 aromatic carbocycles. The molecule has 5 nitrogen and oxygen atoms in total. The van der Waals surface area contributed by atoms with Gasteiger partial charge in [-0.3, -0.25) is 9.48 Å². The van der Waals surface area contributed by atoms with Crippen LogP contribution in [0.4, 0.5) is 4.39 Å². The van der Waals surface area contributed by atoms with Crippen LogP contribution in [0.15, 0.2) is 42.7 Å². The first kappa shape index (κ1) is 16.9. The molecule has 122 valence electrons. The summed E-state index contributed by atoms with van der Waals surface area (Å²) in [6.07, 6.45) is 6.67. The molecule has 0 unspecified atom stereocenters. The molecule has 0 saturated carbocycles. The summed E-state index contributed by atoms with van der Waals surface area (Å²) in [4.78, 5) is 13.9. The lowest BCUT2D eigenvalue weighted by Crippen LogP contribution is -2.33. The number of aromatic nitrogens is 2. The minimum atomic E-state index is -0.280. The van der Waals surface area contributed by atoms with Gasteiger partial charge in [0, 0.05) is 31.4 Å². The number of nitrogens with one attached hydrogen (secondary N) is 1. The molecule has 6 heteroatoms. The Morgan fingerprint density at radius 2 is 2.26 bits per heavy atom. The SMILES string of the molecule is CN(C)[C@@H](CNC(=O)/C=C/c1cnn(C)c1)c1cccc(F)c1. The summed E-state index contributed by atoms with van der Waals surface area (Å²) >= 11 is 0. The lowest BCUT2D eigenvalue weighted by molar-refractivity contribution is -0.116. The standard InChI is InChI=1S/C17H21FN4O/c1-21(2)16(14-5-4-6-15(18)9-14)11-19-17(23)8-7-13-10-20-22(3)12-13/h4-10,12,16H,11H2,1-3H3,(H,19,23)/b8-7+/t16-/m0/s1. The second kappa shape index (κ2) is 7.69. The maximum absolute atomic E-state index is 13.4. The second-order valence-corrected chi connectivity index (χ2v) is 5.56. The Bertz CT molecular complexity index is 693. The summed E-state index contributed by atoms with van der Waals surface area (Å²) in [5.41, 5.74) is 1.68. The molecule has 0 saturated heterocycles. The summed E-state index contributed by atoms with van der Waals surface area (Å²) in [6.45, 7) is 0.396. The average molecular weight is 316 g/mol. The van der Waals surface area contributed by atoms with Gasteiger partial charge in [0.2, 0.25) is 5.91 Å². The second-order valence-electron chi connectivity index (χ2n) is 5.56. The predicted molar refractivity (Wildman–Crippen MR) is 88.1 cm³/mol. The number of aryl methyl sites for hydroxylation is 1. The van der Waals surface area contributed by atoms with Crippen molar-refractivity contribution in [3.63, 3.8) is 0 Å². The molecular formula is C17H21FN4O. The topological polar surface area (TPSA) is 50.2 Å². The van der Waals surface area contributed by atoms with Crippen molar-refractivity contribution in [3.05, 3.63) is 59.7 Å². The van der Waals surface area contributed by atoms with E-state index in [0.29, 0.717) is 6.54 Å². The number of nitrogens with zero attached hydrogens (tertiary/aromatic N) is 3. The first-order valence-electron chi connectivity index (χ1n) is 7.32. The summed E-state index contributed by atoms with van der Waals surface area (Å²) in [5, 5.41) is 6.87. The van der Waals surface area contributed by atoms with Gasteiger partial charge in [-0.05, 0) is 37.9 Å². The fraction of sp³-hybridized carbons (Fsp3) is 0.294. The van der Waals surface area contributed by atoms with E-state index in [2.05, 4.69) is 10.4 Å². The van der Waals surface area contributed by atoms with Crippen LogP contribution in [0, 0.1) is 5.82 Å². The number of amides is 1. The largest absolute Gasteiger partial charge is 0.351 e. The summed E-state index contributed by atoms with van der Waals surface area (Å²) in [5.74, 6) is -0.478. The van der Waals surface area contributed by atoms with Crippen LogP contribution in [0.1, 0.15) is 17.2 Å². The number of carbonyl (C=O) groups excluding carboxylic acids is 1. The molecule has 0 aliphatic heterocycles.